The number of hydrogen-bond donors (Lipinski definition) is 1. The van der Waals surface area contributed by atoms with Crippen molar-refractivity contribution in [3.63, 3.8) is 0 Å². The molecule has 0 radical (unpaired) electrons. The number of nitrogens with two attached hydrogens (primary N) is 1. The first kappa shape index (κ1) is 5.74. The molecule has 0 aromatic rings. The Morgan fingerprint density at radius 3 is 2.78 bits per heavy atom. The first-order valence-electron chi connectivity index (χ1n) is 2.24. The van der Waals surface area contributed by atoms with Gasteiger partial charge in [0, 0.05) is 0 Å². The van der Waals surface area contributed by atoms with Gasteiger partial charge in [-0.2, -0.15) is 4.99 Å². The summed E-state index contributed by atoms with van der Waals surface area (Å²) >= 11 is 0. The lowest BCUT2D eigenvalue weighted by molar-refractivity contribution is -0.122. The highest BCUT2D eigenvalue weighted by Gasteiger charge is 2.22. The van der Waals surface area contributed by atoms with Gasteiger partial charge in [-0.1, -0.05) is 0 Å². The summed E-state index contributed by atoms with van der Waals surface area (Å²) in [5.41, 5.74) is 4.75. The Morgan fingerprint density at radius 1 is 1.89 bits per heavy atom. The van der Waals surface area contributed by atoms with Crippen LogP contribution in [0.3, 0.4) is 0 Å². The molecular weight excluding hydrogens is 124 g/mol. The van der Waals surface area contributed by atoms with Gasteiger partial charge in [-0.25, -0.2) is 4.79 Å². The van der Waals surface area contributed by atoms with Gasteiger partial charge >= 0.3 is 6.09 Å². The van der Waals surface area contributed by atoms with Crippen molar-refractivity contribution >= 4 is 18.2 Å². The van der Waals surface area contributed by atoms with E-state index in [0.717, 1.165) is 6.21 Å². The molecule has 1 unspecified atom stereocenters. The van der Waals surface area contributed by atoms with Crippen LogP contribution in [0.15, 0.2) is 4.99 Å². The molecule has 1 atom stereocenters. The van der Waals surface area contributed by atoms with Gasteiger partial charge in [0.15, 0.2) is 0 Å². The van der Waals surface area contributed by atoms with Crippen LogP contribution < -0.4 is 5.73 Å². The Bertz CT molecular complexity index is 186. The molecule has 0 bridgehead atoms. The lowest BCUT2D eigenvalue weighted by Crippen LogP contribution is -2.29. The normalized spacial score (nSPS) is 24.0. The van der Waals surface area contributed by atoms with Crippen molar-refractivity contribution in [3.05, 3.63) is 0 Å². The summed E-state index contributed by atoms with van der Waals surface area (Å²) < 4.78 is 4.29. The van der Waals surface area contributed by atoms with Crippen molar-refractivity contribution in [3.8, 4) is 0 Å². The van der Waals surface area contributed by atoms with Gasteiger partial charge in [0.05, 0.1) is 6.21 Å². The maximum absolute atomic E-state index is 10.2. The Morgan fingerprint density at radius 2 is 2.56 bits per heavy atom. The van der Waals surface area contributed by atoms with E-state index in [1.165, 1.54) is 0 Å². The van der Waals surface area contributed by atoms with Gasteiger partial charge in [-0.3, -0.25) is 4.79 Å². The Hall–Kier alpha value is -1.39. The third kappa shape index (κ3) is 1.04. The summed E-state index contributed by atoms with van der Waals surface area (Å²) in [4.78, 5) is 23.5. The van der Waals surface area contributed by atoms with Gasteiger partial charge in [-0.15, -0.1) is 0 Å². The average molecular weight is 128 g/mol. The summed E-state index contributed by atoms with van der Waals surface area (Å²) in [5, 5.41) is 0. The average Bonchev–Trinajstić information content (AvgIpc) is 2.14. The number of amides is 2. The Kier molecular flexibility index (Phi) is 1.18. The van der Waals surface area contributed by atoms with Crippen molar-refractivity contribution in [1.29, 1.82) is 0 Å². The number of hydrogen-bond acceptors (Lipinski definition) is 3. The SMILES string of the molecule is NC(=O)C1C=NC(=O)O1. The lowest BCUT2D eigenvalue weighted by atomic mass is 10.4. The molecule has 5 nitrogen and oxygen atoms in total. The van der Waals surface area contributed by atoms with E-state index in [1.54, 1.807) is 0 Å². The minimum Gasteiger partial charge on any atom is -0.429 e. The molecule has 1 aliphatic heterocycles. The largest absolute Gasteiger partial charge is 0.434 e. The first-order valence-corrected chi connectivity index (χ1v) is 2.24. The standard InChI is InChI=1S/C4H4N2O3/c5-3(7)2-1-6-4(8)9-2/h1-2H,(H2,5,7). The molecule has 2 amide bonds. The predicted octanol–water partition coefficient (Wildman–Crippen LogP) is -0.939. The van der Waals surface area contributed by atoms with Crippen molar-refractivity contribution in [1.82, 2.24) is 0 Å². The van der Waals surface area contributed by atoms with Crippen LogP contribution in [0.2, 0.25) is 0 Å². The van der Waals surface area contributed by atoms with Crippen LogP contribution in [0.25, 0.3) is 0 Å². The molecule has 0 fully saturated rings. The fourth-order valence-corrected chi connectivity index (χ4v) is 0.430. The van der Waals surface area contributed by atoms with Crippen LogP contribution in [0.5, 0.6) is 0 Å². The fraction of sp³-hybridized carbons (Fsp3) is 0.250. The molecule has 0 saturated carbocycles. The molecule has 1 aliphatic rings. The third-order valence-corrected chi connectivity index (χ3v) is 0.824. The molecule has 0 aromatic carbocycles. The van der Waals surface area contributed by atoms with E-state index in [1.807, 2.05) is 0 Å². The van der Waals surface area contributed by atoms with Crippen LogP contribution in [-0.2, 0) is 9.53 Å². The van der Waals surface area contributed by atoms with E-state index in [-0.39, 0.29) is 0 Å². The highest BCUT2D eigenvalue weighted by atomic mass is 16.6. The smallest absolute Gasteiger partial charge is 0.429 e. The zero-order valence-electron chi connectivity index (χ0n) is 4.40. The predicted molar refractivity (Wildman–Crippen MR) is 28.0 cm³/mol. The molecule has 0 aromatic heterocycles. The molecule has 48 valence electrons. The second kappa shape index (κ2) is 1.85. The summed E-state index contributed by atoms with van der Waals surface area (Å²) in [6.07, 6.45) is -0.652. The molecule has 9 heavy (non-hydrogen) atoms. The molecule has 0 saturated heterocycles. The third-order valence-electron chi connectivity index (χ3n) is 0.824. The van der Waals surface area contributed by atoms with E-state index >= 15 is 0 Å². The van der Waals surface area contributed by atoms with Crippen LogP contribution in [0.1, 0.15) is 0 Å². The van der Waals surface area contributed by atoms with Crippen LogP contribution in [0, 0.1) is 0 Å². The number of carbonyl (C=O) groups excluding carboxylic acids is 2. The molecule has 2 N–H and O–H groups in total. The number of cyclic esters (lactones) is 1. The van der Waals surface area contributed by atoms with Gasteiger partial charge in [0.2, 0.25) is 6.10 Å². The van der Waals surface area contributed by atoms with E-state index in [9.17, 15) is 9.59 Å². The summed E-state index contributed by atoms with van der Waals surface area (Å²) in [7, 11) is 0. The Balaban J connectivity index is 2.60. The number of nitrogens with zero attached hydrogens (tertiary/aromatic N) is 1. The van der Waals surface area contributed by atoms with E-state index in [4.69, 9.17) is 5.73 Å². The van der Waals surface area contributed by atoms with E-state index in [0.29, 0.717) is 0 Å². The molecule has 1 rings (SSSR count). The zero-order valence-corrected chi connectivity index (χ0v) is 4.40. The van der Waals surface area contributed by atoms with E-state index < -0.39 is 18.1 Å². The molecule has 0 aliphatic carbocycles. The number of ether oxygens (including phenoxy) is 1. The van der Waals surface area contributed by atoms with E-state index in [2.05, 4.69) is 9.73 Å². The highest BCUT2D eigenvalue weighted by Crippen LogP contribution is 1.98. The Labute approximate surface area is 50.5 Å². The van der Waals surface area contributed by atoms with Gasteiger partial charge in [-0.05, 0) is 0 Å². The van der Waals surface area contributed by atoms with Crippen molar-refractivity contribution < 1.29 is 14.3 Å². The maximum atomic E-state index is 10.2. The molecule has 5 heteroatoms. The van der Waals surface area contributed by atoms with Crippen LogP contribution in [-0.4, -0.2) is 24.3 Å². The minimum atomic E-state index is -0.961. The van der Waals surface area contributed by atoms with Gasteiger partial charge in [0.25, 0.3) is 5.91 Å². The molecular formula is C4H4N2O3. The number of aliphatic imine (C=N–C) groups is 1. The topological polar surface area (TPSA) is 81.8 Å². The van der Waals surface area contributed by atoms with Crippen molar-refractivity contribution in [2.45, 2.75) is 6.10 Å². The van der Waals surface area contributed by atoms with Crippen molar-refractivity contribution in [2.75, 3.05) is 0 Å². The fourth-order valence-electron chi connectivity index (χ4n) is 0.430. The van der Waals surface area contributed by atoms with Crippen LogP contribution >= 0.6 is 0 Å². The second-order valence-electron chi connectivity index (χ2n) is 1.48. The highest BCUT2D eigenvalue weighted by molar-refractivity contribution is 6.03. The maximum Gasteiger partial charge on any atom is 0.434 e. The second-order valence-corrected chi connectivity index (χ2v) is 1.48. The summed E-state index contributed by atoms with van der Waals surface area (Å²) in [6, 6.07) is 0. The molecule has 1 heterocycles. The number of carbonyl (C=O) groups is 2. The van der Waals surface area contributed by atoms with Crippen LogP contribution in [0.4, 0.5) is 4.79 Å². The number of primary amides is 1. The van der Waals surface area contributed by atoms with Crippen molar-refractivity contribution in [2.24, 2.45) is 10.7 Å². The summed E-state index contributed by atoms with van der Waals surface area (Å²) in [5.74, 6) is -0.704. The number of rotatable bonds is 1. The summed E-state index contributed by atoms with van der Waals surface area (Å²) in [6.45, 7) is 0. The van der Waals surface area contributed by atoms with Gasteiger partial charge in [0.1, 0.15) is 0 Å². The monoisotopic (exact) mass is 128 g/mol. The van der Waals surface area contributed by atoms with Gasteiger partial charge < -0.3 is 10.5 Å². The minimum absolute atomic E-state index is 0.704. The quantitative estimate of drug-likeness (QED) is 0.494. The first-order chi connectivity index (χ1) is 4.20. The molecule has 0 spiro atoms. The lowest BCUT2D eigenvalue weighted by Gasteiger charge is -1.97. The zero-order chi connectivity index (χ0) is 6.85.